The molecule has 4 heteroatoms. The molecule has 3 unspecified atom stereocenters. The van der Waals surface area contributed by atoms with Gasteiger partial charge in [-0.05, 0) is 38.1 Å². The topological polar surface area (TPSA) is 56.1 Å². The number of rotatable bonds is 6. The van der Waals surface area contributed by atoms with Crippen LogP contribution in [-0.2, 0) is 4.79 Å². The van der Waals surface area contributed by atoms with Gasteiger partial charge in [0.2, 0.25) is 5.91 Å². The summed E-state index contributed by atoms with van der Waals surface area (Å²) in [5.41, 5.74) is 0. The van der Waals surface area contributed by atoms with Crippen LogP contribution in [0.1, 0.15) is 46.0 Å². The van der Waals surface area contributed by atoms with E-state index in [0.29, 0.717) is 12.5 Å². The molecule has 1 aliphatic rings. The van der Waals surface area contributed by atoms with Crippen molar-refractivity contribution < 1.29 is 4.79 Å². The lowest BCUT2D eigenvalue weighted by atomic mass is 9.77. The second-order valence-corrected chi connectivity index (χ2v) is 5.53. The smallest absolute Gasteiger partial charge is 0.233 e. The summed E-state index contributed by atoms with van der Waals surface area (Å²) < 4.78 is 0. The van der Waals surface area contributed by atoms with Crippen LogP contribution in [0, 0.1) is 23.2 Å². The molecule has 1 amide bonds. The predicted octanol–water partition coefficient (Wildman–Crippen LogP) is 2.16. The molecule has 0 aromatic carbocycles. The van der Waals surface area contributed by atoms with Gasteiger partial charge < -0.3 is 5.32 Å². The van der Waals surface area contributed by atoms with Gasteiger partial charge in [-0.1, -0.05) is 20.3 Å². The molecule has 1 fully saturated rings. The minimum Gasteiger partial charge on any atom is -0.358 e. The summed E-state index contributed by atoms with van der Waals surface area (Å²) in [7, 11) is 1.67. The molecule has 19 heavy (non-hydrogen) atoms. The molecule has 1 aliphatic carbocycles. The predicted molar refractivity (Wildman–Crippen MR) is 76.5 cm³/mol. The normalized spacial score (nSPS) is 27.0. The first-order valence-electron chi connectivity index (χ1n) is 7.50. The van der Waals surface area contributed by atoms with Crippen LogP contribution in [0.4, 0.5) is 0 Å². The highest BCUT2D eigenvalue weighted by atomic mass is 16.1. The Kier molecular flexibility index (Phi) is 6.86. The summed E-state index contributed by atoms with van der Waals surface area (Å²) in [5.74, 6) is 0.835. The van der Waals surface area contributed by atoms with Gasteiger partial charge in [-0.3, -0.25) is 9.69 Å². The first-order valence-corrected chi connectivity index (χ1v) is 7.50. The molecular formula is C15H27N3O. The molecule has 0 spiro atoms. The highest BCUT2D eigenvalue weighted by Crippen LogP contribution is 2.33. The summed E-state index contributed by atoms with van der Waals surface area (Å²) in [4.78, 5) is 13.9. The van der Waals surface area contributed by atoms with E-state index in [0.717, 1.165) is 32.2 Å². The van der Waals surface area contributed by atoms with Gasteiger partial charge in [0, 0.05) is 13.1 Å². The molecule has 0 aromatic heterocycles. The van der Waals surface area contributed by atoms with E-state index in [-0.39, 0.29) is 17.9 Å². The fourth-order valence-electron chi connectivity index (χ4n) is 3.07. The summed E-state index contributed by atoms with van der Waals surface area (Å²) in [6.45, 7) is 5.66. The van der Waals surface area contributed by atoms with Crippen molar-refractivity contribution in [3.63, 3.8) is 0 Å². The highest BCUT2D eigenvalue weighted by Gasteiger charge is 2.34. The molecule has 0 aliphatic heterocycles. The van der Waals surface area contributed by atoms with Gasteiger partial charge in [-0.25, -0.2) is 0 Å². The van der Waals surface area contributed by atoms with Crippen LogP contribution in [-0.4, -0.2) is 37.0 Å². The molecular weight excluding hydrogens is 238 g/mol. The molecule has 0 heterocycles. The van der Waals surface area contributed by atoms with Gasteiger partial charge >= 0.3 is 0 Å². The number of hydrogen-bond acceptors (Lipinski definition) is 3. The summed E-state index contributed by atoms with van der Waals surface area (Å²) in [6, 6.07) is 2.71. The van der Waals surface area contributed by atoms with Crippen molar-refractivity contribution in [2.24, 2.45) is 11.8 Å². The Morgan fingerprint density at radius 3 is 2.68 bits per heavy atom. The Morgan fingerprint density at radius 1 is 1.42 bits per heavy atom. The average molecular weight is 265 g/mol. The van der Waals surface area contributed by atoms with Gasteiger partial charge in [0.1, 0.15) is 0 Å². The zero-order chi connectivity index (χ0) is 14.3. The first-order chi connectivity index (χ1) is 9.15. The van der Waals surface area contributed by atoms with Crippen molar-refractivity contribution in [3.05, 3.63) is 0 Å². The third kappa shape index (κ3) is 4.50. The van der Waals surface area contributed by atoms with E-state index >= 15 is 0 Å². The second kappa shape index (κ2) is 8.16. The molecule has 1 saturated carbocycles. The molecule has 4 nitrogen and oxygen atoms in total. The van der Waals surface area contributed by atoms with Crippen molar-refractivity contribution in [1.82, 2.24) is 10.2 Å². The Hall–Kier alpha value is -1.08. The van der Waals surface area contributed by atoms with Gasteiger partial charge in [-0.2, -0.15) is 5.26 Å². The molecule has 108 valence electrons. The van der Waals surface area contributed by atoms with Crippen LogP contribution in [0.3, 0.4) is 0 Å². The van der Waals surface area contributed by atoms with E-state index in [9.17, 15) is 10.1 Å². The van der Waals surface area contributed by atoms with Gasteiger partial charge in [0.15, 0.2) is 0 Å². The number of nitrogens with zero attached hydrogens (tertiary/aromatic N) is 2. The van der Waals surface area contributed by atoms with Gasteiger partial charge in [-0.15, -0.1) is 0 Å². The van der Waals surface area contributed by atoms with Crippen molar-refractivity contribution >= 4 is 5.91 Å². The Morgan fingerprint density at radius 2 is 2.16 bits per heavy atom. The van der Waals surface area contributed by atoms with Gasteiger partial charge in [0.25, 0.3) is 0 Å². The van der Waals surface area contributed by atoms with E-state index in [4.69, 9.17) is 0 Å². The SMILES string of the molecule is CCCN(CC(=O)NC)C1CC(CC)CCC1C#N. The fourth-order valence-corrected chi connectivity index (χ4v) is 3.07. The first kappa shape index (κ1) is 16.0. The number of amides is 1. The zero-order valence-corrected chi connectivity index (χ0v) is 12.5. The average Bonchev–Trinajstić information content (AvgIpc) is 2.45. The summed E-state index contributed by atoms with van der Waals surface area (Å²) in [5, 5.41) is 12.0. The van der Waals surface area contributed by atoms with E-state index in [1.807, 2.05) is 0 Å². The maximum absolute atomic E-state index is 11.7. The van der Waals surface area contributed by atoms with Crippen LogP contribution >= 0.6 is 0 Å². The van der Waals surface area contributed by atoms with E-state index in [1.165, 1.54) is 6.42 Å². The quantitative estimate of drug-likeness (QED) is 0.800. The van der Waals surface area contributed by atoms with E-state index in [2.05, 4.69) is 30.1 Å². The molecule has 1 rings (SSSR count). The maximum Gasteiger partial charge on any atom is 0.233 e. The van der Waals surface area contributed by atoms with Crippen LogP contribution < -0.4 is 5.32 Å². The Balaban J connectivity index is 2.77. The minimum atomic E-state index is 0.0451. The number of likely N-dealkylation sites (N-methyl/N-ethyl adjacent to an activating group) is 1. The molecule has 0 bridgehead atoms. The maximum atomic E-state index is 11.7. The number of nitrogens with one attached hydrogen (secondary N) is 1. The van der Waals surface area contributed by atoms with E-state index < -0.39 is 0 Å². The van der Waals surface area contributed by atoms with Crippen molar-refractivity contribution in [3.8, 4) is 6.07 Å². The molecule has 3 atom stereocenters. The van der Waals surface area contributed by atoms with Gasteiger partial charge in [0.05, 0.1) is 18.5 Å². The second-order valence-electron chi connectivity index (χ2n) is 5.53. The molecule has 0 saturated heterocycles. The standard InChI is InChI=1S/C15H27N3O/c1-4-8-18(11-15(19)17-3)14-9-12(5-2)6-7-13(14)10-16/h12-14H,4-9,11H2,1-3H3,(H,17,19). The van der Waals surface area contributed by atoms with Crippen LogP contribution in [0.15, 0.2) is 0 Å². The number of nitriles is 1. The van der Waals surface area contributed by atoms with E-state index in [1.54, 1.807) is 7.05 Å². The minimum absolute atomic E-state index is 0.0451. The molecule has 0 radical (unpaired) electrons. The van der Waals surface area contributed by atoms with Crippen LogP contribution in [0.2, 0.25) is 0 Å². The highest BCUT2D eigenvalue weighted by molar-refractivity contribution is 5.77. The number of hydrogen-bond donors (Lipinski definition) is 1. The van der Waals surface area contributed by atoms with Crippen LogP contribution in [0.25, 0.3) is 0 Å². The number of carbonyl (C=O) groups is 1. The monoisotopic (exact) mass is 265 g/mol. The van der Waals surface area contributed by atoms with Crippen LogP contribution in [0.5, 0.6) is 0 Å². The summed E-state index contributed by atoms with van der Waals surface area (Å²) in [6.07, 6.45) is 5.39. The molecule has 0 aromatic rings. The lowest BCUT2D eigenvalue weighted by molar-refractivity contribution is -0.122. The third-order valence-corrected chi connectivity index (χ3v) is 4.27. The zero-order valence-electron chi connectivity index (χ0n) is 12.5. The van der Waals surface area contributed by atoms with Crippen molar-refractivity contribution in [2.75, 3.05) is 20.1 Å². The Labute approximate surface area is 117 Å². The lowest BCUT2D eigenvalue weighted by Crippen LogP contribution is -2.48. The Bertz CT molecular complexity index is 324. The lowest BCUT2D eigenvalue weighted by Gasteiger charge is -2.39. The fraction of sp³-hybridized carbons (Fsp3) is 0.867. The third-order valence-electron chi connectivity index (χ3n) is 4.27. The van der Waals surface area contributed by atoms with Crippen molar-refractivity contribution in [1.29, 1.82) is 5.26 Å². The number of carbonyl (C=O) groups excluding carboxylic acids is 1. The largest absolute Gasteiger partial charge is 0.358 e. The summed E-state index contributed by atoms with van der Waals surface area (Å²) >= 11 is 0. The van der Waals surface area contributed by atoms with Crippen molar-refractivity contribution in [2.45, 2.75) is 52.0 Å². The molecule has 1 N–H and O–H groups in total.